The van der Waals surface area contributed by atoms with Gasteiger partial charge in [-0.15, -0.1) is 0 Å². The Hall–Kier alpha value is -2.63. The molecule has 6 nitrogen and oxygen atoms in total. The van der Waals surface area contributed by atoms with Crippen molar-refractivity contribution in [1.82, 2.24) is 9.55 Å². The van der Waals surface area contributed by atoms with Crippen LogP contribution in [0, 0.1) is 0 Å². The molecule has 1 aromatic carbocycles. The molecule has 0 spiro atoms. The number of imidazole rings is 1. The first-order valence-corrected chi connectivity index (χ1v) is 5.75. The molecule has 1 aliphatic rings. The van der Waals surface area contributed by atoms with Gasteiger partial charge in [0.05, 0.1) is 11.9 Å². The molecule has 2 aromatic rings. The van der Waals surface area contributed by atoms with Gasteiger partial charge in [-0.05, 0) is 18.2 Å². The molecule has 1 amide bonds. The number of nitrogens with zero attached hydrogens (tertiary/aromatic N) is 2. The van der Waals surface area contributed by atoms with E-state index in [4.69, 9.17) is 10.5 Å². The van der Waals surface area contributed by atoms with Crippen molar-refractivity contribution in [1.29, 1.82) is 0 Å². The molecule has 2 heterocycles. The summed E-state index contributed by atoms with van der Waals surface area (Å²) in [5, 5.41) is 0. The standard InChI is InChI=1S/C13H11N3O3/c14-13(18)8-1-2-11-9(5-8)12(17)10(6-19-11)16-4-3-15-7-16/h1-5,7,10H,6H2,(H2,14,18). The summed E-state index contributed by atoms with van der Waals surface area (Å²) < 4.78 is 7.23. The second-order valence-electron chi connectivity index (χ2n) is 4.28. The molecule has 0 radical (unpaired) electrons. The van der Waals surface area contributed by atoms with Gasteiger partial charge >= 0.3 is 0 Å². The number of aromatic nitrogens is 2. The summed E-state index contributed by atoms with van der Waals surface area (Å²) in [5.41, 5.74) is 5.88. The van der Waals surface area contributed by atoms with Gasteiger partial charge in [0.1, 0.15) is 18.4 Å². The fraction of sp³-hybridized carbons (Fsp3) is 0.154. The van der Waals surface area contributed by atoms with Crippen LogP contribution in [0.4, 0.5) is 0 Å². The second kappa shape index (κ2) is 4.24. The lowest BCUT2D eigenvalue weighted by Crippen LogP contribution is -2.30. The molecule has 0 aliphatic carbocycles. The number of fused-ring (bicyclic) bond motifs is 1. The van der Waals surface area contributed by atoms with Crippen LogP contribution in [0.3, 0.4) is 0 Å². The highest BCUT2D eigenvalue weighted by Crippen LogP contribution is 2.30. The Bertz CT molecular complexity index is 649. The van der Waals surface area contributed by atoms with Crippen LogP contribution in [0.2, 0.25) is 0 Å². The first-order chi connectivity index (χ1) is 9.16. The van der Waals surface area contributed by atoms with Crippen molar-refractivity contribution in [3.8, 4) is 5.75 Å². The average molecular weight is 257 g/mol. The number of amides is 1. The number of carbonyl (C=O) groups excluding carboxylic acids is 2. The number of benzene rings is 1. The highest BCUT2D eigenvalue weighted by atomic mass is 16.5. The Balaban J connectivity index is 2.02. The fourth-order valence-electron chi connectivity index (χ4n) is 2.10. The quantitative estimate of drug-likeness (QED) is 0.861. The molecule has 1 aliphatic heterocycles. The first-order valence-electron chi connectivity index (χ1n) is 5.75. The Kier molecular flexibility index (Phi) is 2.56. The van der Waals surface area contributed by atoms with Gasteiger partial charge in [-0.1, -0.05) is 0 Å². The van der Waals surface area contributed by atoms with Crippen molar-refractivity contribution in [2.24, 2.45) is 5.73 Å². The summed E-state index contributed by atoms with van der Waals surface area (Å²) in [6.07, 6.45) is 4.87. The lowest BCUT2D eigenvalue weighted by molar-refractivity contribution is 0.0841. The molecule has 0 saturated heterocycles. The number of carbonyl (C=O) groups is 2. The predicted molar refractivity (Wildman–Crippen MR) is 66.0 cm³/mol. The van der Waals surface area contributed by atoms with E-state index in [0.717, 1.165) is 0 Å². The summed E-state index contributed by atoms with van der Waals surface area (Å²) >= 11 is 0. The third-order valence-electron chi connectivity index (χ3n) is 3.11. The zero-order valence-corrected chi connectivity index (χ0v) is 9.95. The summed E-state index contributed by atoms with van der Waals surface area (Å²) in [4.78, 5) is 27.5. The summed E-state index contributed by atoms with van der Waals surface area (Å²) in [6.45, 7) is 0.248. The van der Waals surface area contributed by atoms with E-state index in [9.17, 15) is 9.59 Å². The van der Waals surface area contributed by atoms with Crippen LogP contribution in [0.5, 0.6) is 5.75 Å². The molecule has 96 valence electrons. The molecule has 1 unspecified atom stereocenters. The average Bonchev–Trinajstić information content (AvgIpc) is 2.92. The monoisotopic (exact) mass is 257 g/mol. The minimum absolute atomic E-state index is 0.109. The Morgan fingerprint density at radius 2 is 2.32 bits per heavy atom. The molecule has 19 heavy (non-hydrogen) atoms. The van der Waals surface area contributed by atoms with Gasteiger partial charge in [-0.3, -0.25) is 9.59 Å². The van der Waals surface area contributed by atoms with Crippen LogP contribution in [0.25, 0.3) is 0 Å². The maximum Gasteiger partial charge on any atom is 0.248 e. The van der Waals surface area contributed by atoms with Crippen LogP contribution >= 0.6 is 0 Å². The SMILES string of the molecule is NC(=O)c1ccc2c(c1)C(=O)C(n1ccnc1)CO2. The molecule has 1 aromatic heterocycles. The highest BCUT2D eigenvalue weighted by Gasteiger charge is 2.30. The topological polar surface area (TPSA) is 87.2 Å². The van der Waals surface area contributed by atoms with Gasteiger partial charge in [0.15, 0.2) is 5.78 Å². The molecule has 0 saturated carbocycles. The minimum Gasteiger partial charge on any atom is -0.490 e. The summed E-state index contributed by atoms with van der Waals surface area (Å²) in [5.74, 6) is -0.200. The number of ketones is 1. The highest BCUT2D eigenvalue weighted by molar-refractivity contribution is 6.04. The van der Waals surface area contributed by atoms with Crippen LogP contribution in [-0.4, -0.2) is 27.8 Å². The third-order valence-corrected chi connectivity index (χ3v) is 3.11. The Morgan fingerprint density at radius 1 is 1.47 bits per heavy atom. The minimum atomic E-state index is -0.569. The van der Waals surface area contributed by atoms with Gasteiger partial charge < -0.3 is 15.0 Å². The number of ether oxygens (including phenoxy) is 1. The van der Waals surface area contributed by atoms with Crippen LogP contribution in [0.15, 0.2) is 36.9 Å². The van der Waals surface area contributed by atoms with E-state index in [1.54, 1.807) is 35.4 Å². The molecular formula is C13H11N3O3. The molecule has 0 bridgehead atoms. The van der Waals surface area contributed by atoms with Gasteiger partial charge in [-0.2, -0.15) is 0 Å². The van der Waals surface area contributed by atoms with Crippen molar-refractivity contribution in [3.63, 3.8) is 0 Å². The molecule has 6 heteroatoms. The van der Waals surface area contributed by atoms with E-state index in [1.807, 2.05) is 0 Å². The lowest BCUT2D eigenvalue weighted by atomic mass is 9.98. The summed E-state index contributed by atoms with van der Waals surface area (Å²) in [7, 11) is 0. The number of Topliss-reactive ketones (excluding diaryl/α,β-unsaturated/α-hetero) is 1. The number of hydrogen-bond donors (Lipinski definition) is 1. The number of hydrogen-bond acceptors (Lipinski definition) is 4. The molecular weight excluding hydrogens is 246 g/mol. The molecule has 1 atom stereocenters. The smallest absolute Gasteiger partial charge is 0.248 e. The zero-order chi connectivity index (χ0) is 13.4. The number of nitrogens with two attached hydrogens (primary N) is 1. The zero-order valence-electron chi connectivity index (χ0n) is 9.95. The Morgan fingerprint density at radius 3 is 3.00 bits per heavy atom. The first kappa shape index (κ1) is 11.5. The second-order valence-corrected chi connectivity index (χ2v) is 4.28. The molecule has 3 rings (SSSR count). The van der Waals surface area contributed by atoms with E-state index >= 15 is 0 Å². The maximum atomic E-state index is 12.4. The van der Waals surface area contributed by atoms with Crippen molar-refractivity contribution >= 4 is 11.7 Å². The predicted octanol–water partition coefficient (Wildman–Crippen LogP) is 0.798. The van der Waals surface area contributed by atoms with Gasteiger partial charge in [-0.25, -0.2) is 4.98 Å². The van der Waals surface area contributed by atoms with E-state index in [2.05, 4.69) is 4.98 Å². The normalized spacial score (nSPS) is 17.7. The van der Waals surface area contributed by atoms with E-state index in [1.165, 1.54) is 6.07 Å². The van der Waals surface area contributed by atoms with Crippen molar-refractivity contribution in [2.45, 2.75) is 6.04 Å². The van der Waals surface area contributed by atoms with E-state index < -0.39 is 11.9 Å². The van der Waals surface area contributed by atoms with E-state index in [0.29, 0.717) is 16.9 Å². The van der Waals surface area contributed by atoms with Gasteiger partial charge in [0.25, 0.3) is 0 Å². The van der Waals surface area contributed by atoms with Crippen LogP contribution in [0.1, 0.15) is 26.8 Å². The number of rotatable bonds is 2. The molecule has 2 N–H and O–H groups in total. The van der Waals surface area contributed by atoms with Crippen molar-refractivity contribution in [2.75, 3.05) is 6.61 Å². The van der Waals surface area contributed by atoms with Gasteiger partial charge in [0.2, 0.25) is 5.91 Å². The van der Waals surface area contributed by atoms with Crippen LogP contribution in [-0.2, 0) is 0 Å². The third kappa shape index (κ3) is 1.87. The molecule has 0 fully saturated rings. The van der Waals surface area contributed by atoms with Crippen LogP contribution < -0.4 is 10.5 Å². The number of primary amides is 1. The Labute approximate surface area is 108 Å². The summed E-state index contributed by atoms with van der Waals surface area (Å²) in [6, 6.07) is 4.16. The van der Waals surface area contributed by atoms with E-state index in [-0.39, 0.29) is 12.4 Å². The van der Waals surface area contributed by atoms with Crippen molar-refractivity contribution < 1.29 is 14.3 Å². The largest absolute Gasteiger partial charge is 0.490 e. The maximum absolute atomic E-state index is 12.4. The van der Waals surface area contributed by atoms with Crippen molar-refractivity contribution in [3.05, 3.63) is 48.0 Å². The lowest BCUT2D eigenvalue weighted by Gasteiger charge is -2.25. The van der Waals surface area contributed by atoms with Gasteiger partial charge in [0, 0.05) is 18.0 Å². The fourth-order valence-corrected chi connectivity index (χ4v) is 2.10.